The molecule has 0 unspecified atom stereocenters. The van der Waals surface area contributed by atoms with Gasteiger partial charge in [-0.15, -0.1) is 11.3 Å². The van der Waals surface area contributed by atoms with Crippen LogP contribution in [0.1, 0.15) is 25.7 Å². The molecule has 1 aromatic carbocycles. The zero-order chi connectivity index (χ0) is 14.7. The van der Waals surface area contributed by atoms with E-state index in [2.05, 4.69) is 0 Å². The average molecular weight is 308 g/mol. The minimum absolute atomic E-state index is 0.262. The van der Waals surface area contributed by atoms with Crippen LogP contribution in [0, 0.1) is 18.3 Å². The number of aromatic carboxylic acids is 1. The SMILES string of the molecule is Cc1sc(C(=O)O)cc1COc1ccc(C#N)c(Cl)c1. The van der Waals surface area contributed by atoms with E-state index >= 15 is 0 Å². The molecule has 0 spiro atoms. The molecule has 6 heteroatoms. The van der Waals surface area contributed by atoms with E-state index in [0.29, 0.717) is 21.2 Å². The minimum Gasteiger partial charge on any atom is -0.489 e. The maximum atomic E-state index is 10.9. The number of nitriles is 1. The number of aryl methyl sites for hydroxylation is 1. The van der Waals surface area contributed by atoms with Crippen LogP contribution in [0.25, 0.3) is 0 Å². The van der Waals surface area contributed by atoms with Crippen molar-refractivity contribution in [3.8, 4) is 11.8 Å². The van der Waals surface area contributed by atoms with Crippen LogP contribution in [-0.2, 0) is 6.61 Å². The number of hydrogen-bond acceptors (Lipinski definition) is 4. The smallest absolute Gasteiger partial charge is 0.345 e. The van der Waals surface area contributed by atoms with Crippen LogP contribution in [0.5, 0.6) is 5.75 Å². The summed E-state index contributed by atoms with van der Waals surface area (Å²) in [7, 11) is 0. The lowest BCUT2D eigenvalue weighted by Gasteiger charge is -2.06. The third kappa shape index (κ3) is 3.10. The summed E-state index contributed by atoms with van der Waals surface area (Å²) in [5.74, 6) is -0.401. The molecule has 0 aliphatic rings. The Morgan fingerprint density at radius 3 is 2.80 bits per heavy atom. The second kappa shape index (κ2) is 5.95. The van der Waals surface area contributed by atoms with Crippen LogP contribution in [0.2, 0.25) is 5.02 Å². The van der Waals surface area contributed by atoms with Gasteiger partial charge in [-0.3, -0.25) is 0 Å². The maximum Gasteiger partial charge on any atom is 0.345 e. The molecular weight excluding hydrogens is 298 g/mol. The predicted molar refractivity (Wildman–Crippen MR) is 76.5 cm³/mol. The molecule has 0 fully saturated rings. The fraction of sp³-hybridized carbons (Fsp3) is 0.143. The van der Waals surface area contributed by atoms with Crippen molar-refractivity contribution in [3.63, 3.8) is 0 Å². The third-order valence-corrected chi connectivity index (χ3v) is 4.08. The first-order chi connectivity index (χ1) is 9.51. The second-order valence-corrected chi connectivity index (χ2v) is 5.70. The topological polar surface area (TPSA) is 70.3 Å². The number of nitrogens with zero attached hydrogens (tertiary/aromatic N) is 1. The van der Waals surface area contributed by atoms with Crippen LogP contribution >= 0.6 is 22.9 Å². The van der Waals surface area contributed by atoms with E-state index in [4.69, 9.17) is 26.7 Å². The van der Waals surface area contributed by atoms with E-state index in [1.54, 1.807) is 24.3 Å². The van der Waals surface area contributed by atoms with Gasteiger partial charge in [-0.2, -0.15) is 5.26 Å². The average Bonchev–Trinajstić information content (AvgIpc) is 2.78. The molecule has 0 saturated carbocycles. The summed E-state index contributed by atoms with van der Waals surface area (Å²) in [6.45, 7) is 2.11. The van der Waals surface area contributed by atoms with Gasteiger partial charge in [-0.1, -0.05) is 11.6 Å². The van der Waals surface area contributed by atoms with Crippen molar-refractivity contribution >= 4 is 28.9 Å². The molecule has 1 N–H and O–H groups in total. The van der Waals surface area contributed by atoms with Crippen LogP contribution in [0.3, 0.4) is 0 Å². The van der Waals surface area contributed by atoms with Crippen molar-refractivity contribution in [1.29, 1.82) is 5.26 Å². The summed E-state index contributed by atoms with van der Waals surface area (Å²) >= 11 is 7.13. The molecule has 0 bridgehead atoms. The zero-order valence-corrected chi connectivity index (χ0v) is 12.1. The lowest BCUT2D eigenvalue weighted by atomic mass is 10.2. The molecule has 0 amide bonds. The van der Waals surface area contributed by atoms with Gasteiger partial charge in [0.2, 0.25) is 0 Å². The summed E-state index contributed by atoms with van der Waals surface area (Å²) in [6, 6.07) is 8.39. The van der Waals surface area contributed by atoms with Crippen molar-refractivity contribution in [2.45, 2.75) is 13.5 Å². The van der Waals surface area contributed by atoms with Crippen molar-refractivity contribution in [2.75, 3.05) is 0 Å². The van der Waals surface area contributed by atoms with E-state index in [1.807, 2.05) is 13.0 Å². The number of benzene rings is 1. The Labute approximate surface area is 124 Å². The number of carboxylic acids is 1. The molecular formula is C14H10ClNO3S. The highest BCUT2D eigenvalue weighted by Crippen LogP contribution is 2.25. The van der Waals surface area contributed by atoms with Gasteiger partial charge in [0.05, 0.1) is 10.6 Å². The quantitative estimate of drug-likeness (QED) is 0.931. The molecule has 0 saturated heterocycles. The summed E-state index contributed by atoms with van der Waals surface area (Å²) in [6.07, 6.45) is 0. The summed E-state index contributed by atoms with van der Waals surface area (Å²) in [5, 5.41) is 18.0. The summed E-state index contributed by atoms with van der Waals surface area (Å²) in [4.78, 5) is 12.1. The molecule has 1 heterocycles. The van der Waals surface area contributed by atoms with E-state index in [1.165, 1.54) is 11.3 Å². The van der Waals surface area contributed by atoms with Gasteiger partial charge in [-0.05, 0) is 25.1 Å². The minimum atomic E-state index is -0.939. The number of carbonyl (C=O) groups is 1. The van der Waals surface area contributed by atoms with Crippen LogP contribution in [0.15, 0.2) is 24.3 Å². The largest absolute Gasteiger partial charge is 0.489 e. The normalized spacial score (nSPS) is 10.1. The van der Waals surface area contributed by atoms with Crippen LogP contribution in [-0.4, -0.2) is 11.1 Å². The Morgan fingerprint density at radius 1 is 1.50 bits per heavy atom. The number of rotatable bonds is 4. The Balaban J connectivity index is 2.11. The lowest BCUT2D eigenvalue weighted by Crippen LogP contribution is -1.96. The van der Waals surface area contributed by atoms with Crippen molar-refractivity contribution in [3.05, 3.63) is 50.2 Å². The van der Waals surface area contributed by atoms with E-state index in [9.17, 15) is 4.79 Å². The fourth-order valence-electron chi connectivity index (χ4n) is 1.61. The predicted octanol–water partition coefficient (Wildman–Crippen LogP) is 3.86. The standard InChI is InChI=1S/C14H10ClNO3S/c1-8-10(4-13(20-8)14(17)18)7-19-11-3-2-9(6-16)12(15)5-11/h2-5H,7H2,1H3,(H,17,18). The van der Waals surface area contributed by atoms with Gasteiger partial charge >= 0.3 is 5.97 Å². The summed E-state index contributed by atoms with van der Waals surface area (Å²) < 4.78 is 5.57. The fourth-order valence-corrected chi connectivity index (χ4v) is 2.69. The van der Waals surface area contributed by atoms with E-state index in [0.717, 1.165) is 10.4 Å². The van der Waals surface area contributed by atoms with Gasteiger partial charge in [0, 0.05) is 16.5 Å². The molecule has 0 atom stereocenters. The van der Waals surface area contributed by atoms with Gasteiger partial charge in [0.15, 0.2) is 0 Å². The molecule has 0 radical (unpaired) electrons. The number of ether oxygens (including phenoxy) is 1. The maximum absolute atomic E-state index is 10.9. The molecule has 20 heavy (non-hydrogen) atoms. The van der Waals surface area contributed by atoms with Crippen LogP contribution < -0.4 is 4.74 Å². The van der Waals surface area contributed by atoms with Crippen molar-refractivity contribution in [1.82, 2.24) is 0 Å². The highest BCUT2D eigenvalue weighted by atomic mass is 35.5. The first-order valence-electron chi connectivity index (χ1n) is 5.66. The highest BCUT2D eigenvalue weighted by molar-refractivity contribution is 7.14. The lowest BCUT2D eigenvalue weighted by molar-refractivity contribution is 0.0702. The number of carboxylic acid groups (broad SMARTS) is 1. The van der Waals surface area contributed by atoms with Crippen molar-refractivity contribution in [2.24, 2.45) is 0 Å². The monoisotopic (exact) mass is 307 g/mol. The molecule has 4 nitrogen and oxygen atoms in total. The van der Waals surface area contributed by atoms with Gasteiger partial charge in [0.1, 0.15) is 23.3 Å². The zero-order valence-electron chi connectivity index (χ0n) is 10.5. The van der Waals surface area contributed by atoms with E-state index in [-0.39, 0.29) is 6.61 Å². The molecule has 102 valence electrons. The van der Waals surface area contributed by atoms with Crippen molar-refractivity contribution < 1.29 is 14.6 Å². The first kappa shape index (κ1) is 14.4. The Kier molecular flexibility index (Phi) is 4.28. The molecule has 1 aromatic heterocycles. The molecule has 0 aliphatic carbocycles. The summed E-state index contributed by atoms with van der Waals surface area (Å²) in [5.41, 5.74) is 1.21. The molecule has 2 rings (SSSR count). The Morgan fingerprint density at radius 2 is 2.25 bits per heavy atom. The Bertz CT molecular complexity index is 703. The van der Waals surface area contributed by atoms with E-state index < -0.39 is 5.97 Å². The third-order valence-electron chi connectivity index (χ3n) is 2.69. The number of thiophene rings is 1. The van der Waals surface area contributed by atoms with Crippen LogP contribution in [0.4, 0.5) is 0 Å². The number of halogens is 1. The first-order valence-corrected chi connectivity index (χ1v) is 6.85. The number of hydrogen-bond donors (Lipinski definition) is 1. The van der Waals surface area contributed by atoms with Gasteiger partial charge in [0.25, 0.3) is 0 Å². The Hall–Kier alpha value is -2.03. The second-order valence-electron chi connectivity index (χ2n) is 4.04. The van der Waals surface area contributed by atoms with Gasteiger partial charge < -0.3 is 9.84 Å². The van der Waals surface area contributed by atoms with Gasteiger partial charge in [-0.25, -0.2) is 4.79 Å². The molecule has 0 aliphatic heterocycles. The highest BCUT2D eigenvalue weighted by Gasteiger charge is 2.11. The molecule has 2 aromatic rings.